The summed E-state index contributed by atoms with van der Waals surface area (Å²) in [4.78, 5) is 49.9. The molecule has 13 nitrogen and oxygen atoms in total. The maximum atomic E-state index is 13.7. The number of hydrogen-bond donors (Lipinski definition) is 6. The number of carbonyl (C=O) groups excluding carboxylic acids is 3. The van der Waals surface area contributed by atoms with Gasteiger partial charge in [0.25, 0.3) is 0 Å². The monoisotopic (exact) mass is 603 g/mol. The van der Waals surface area contributed by atoms with Crippen LogP contribution in [0.5, 0.6) is 17.2 Å². The van der Waals surface area contributed by atoms with Crippen LogP contribution in [0, 0.1) is 0 Å². The van der Waals surface area contributed by atoms with Gasteiger partial charge in [0.1, 0.15) is 35.6 Å². The number of nitrogens with one attached hydrogen (secondary N) is 1. The van der Waals surface area contributed by atoms with Crippen LogP contribution >= 0.6 is 0 Å². The number of hydrogen-bond acceptors (Lipinski definition) is 13. The van der Waals surface area contributed by atoms with Crippen molar-refractivity contribution in [3.05, 3.63) is 52.1 Å². The number of ether oxygens (including phenoxy) is 2. The van der Waals surface area contributed by atoms with Crippen molar-refractivity contribution in [2.45, 2.75) is 75.8 Å². The molecule has 2 aromatic carbocycles. The lowest BCUT2D eigenvalue weighted by molar-refractivity contribution is -0.424. The van der Waals surface area contributed by atoms with Gasteiger partial charge in [-0.3, -0.25) is 14.4 Å². The van der Waals surface area contributed by atoms with Gasteiger partial charge >= 0.3 is 0 Å². The third-order valence-corrected chi connectivity index (χ3v) is 8.39. The fraction of sp³-hybridized carbons (Fsp3) is 0.500. The van der Waals surface area contributed by atoms with Crippen molar-refractivity contribution >= 4 is 17.3 Å². The first-order valence-electron chi connectivity index (χ1n) is 13.7. The number of phenolic OH excluding ortho intramolecular Hbond substituents is 2. The topological polar surface area (TPSA) is 201 Å². The summed E-state index contributed by atoms with van der Waals surface area (Å²) in [6, 6.07) is 5.35. The second-order valence-electron chi connectivity index (χ2n) is 11.2. The van der Waals surface area contributed by atoms with E-state index in [0.29, 0.717) is 0 Å². The number of carbonyl (C=O) groups is 3. The van der Waals surface area contributed by atoms with Crippen molar-refractivity contribution in [3.63, 3.8) is 0 Å². The third kappa shape index (κ3) is 5.89. The fourth-order valence-electron chi connectivity index (χ4n) is 5.84. The molecule has 0 amide bonds. The first-order valence-corrected chi connectivity index (χ1v) is 13.7. The highest BCUT2D eigenvalue weighted by Crippen LogP contribution is 2.48. The van der Waals surface area contributed by atoms with E-state index in [1.807, 2.05) is 0 Å². The largest absolute Gasteiger partial charge is 0.508 e. The van der Waals surface area contributed by atoms with Crippen molar-refractivity contribution in [1.29, 1.82) is 0 Å². The van der Waals surface area contributed by atoms with Gasteiger partial charge in [0.05, 0.1) is 30.4 Å². The molecule has 6 N–H and O–H groups in total. The van der Waals surface area contributed by atoms with E-state index >= 15 is 0 Å². The number of ketones is 3. The van der Waals surface area contributed by atoms with E-state index in [-0.39, 0.29) is 34.4 Å². The second kappa shape index (κ2) is 12.3. The number of aliphatic hydroxyl groups is 3. The molecule has 0 radical (unpaired) electrons. The minimum Gasteiger partial charge on any atom is -0.508 e. The summed E-state index contributed by atoms with van der Waals surface area (Å²) in [6.45, 7) is 3.63. The number of fused-ring (bicyclic) bond motifs is 1. The Hall–Kier alpha value is -3.43. The maximum Gasteiger partial charge on any atom is 0.197 e. The molecule has 0 aromatic heterocycles. The number of phenols is 2. The Morgan fingerprint density at radius 3 is 2.44 bits per heavy atom. The van der Waals surface area contributed by atoms with E-state index in [2.05, 4.69) is 5.32 Å². The molecular formula is C30H37NO12. The van der Waals surface area contributed by atoms with Crippen LogP contribution in [0.2, 0.25) is 0 Å². The van der Waals surface area contributed by atoms with Crippen molar-refractivity contribution in [3.8, 4) is 17.2 Å². The number of rotatable bonds is 10. The van der Waals surface area contributed by atoms with E-state index < -0.39 is 89.6 Å². The Bertz CT molecular complexity index is 1430. The molecule has 6 atom stereocenters. The lowest BCUT2D eigenvalue weighted by Gasteiger charge is -2.45. The molecule has 2 unspecified atom stereocenters. The Balaban J connectivity index is 1.76. The van der Waals surface area contributed by atoms with Crippen molar-refractivity contribution in [2.24, 2.45) is 0 Å². The molecule has 1 aliphatic heterocycles. The second-order valence-corrected chi connectivity index (χ2v) is 11.2. The number of aliphatic hydroxyl groups excluding tert-OH is 2. The number of likely N-dealkylation sites (N-methyl/N-ethyl adjacent to an activating group) is 1. The maximum absolute atomic E-state index is 13.7. The average molecular weight is 604 g/mol. The van der Waals surface area contributed by atoms with Crippen LogP contribution in [-0.2, 0) is 25.7 Å². The molecule has 1 aliphatic carbocycles. The predicted octanol–water partition coefficient (Wildman–Crippen LogP) is 1.24. The van der Waals surface area contributed by atoms with E-state index in [1.54, 1.807) is 20.9 Å². The lowest BCUT2D eigenvalue weighted by atomic mass is 9.75. The number of aromatic hydroxyl groups is 2. The first-order chi connectivity index (χ1) is 20.2. The van der Waals surface area contributed by atoms with Gasteiger partial charge in [-0.2, -0.15) is 0 Å². The summed E-state index contributed by atoms with van der Waals surface area (Å²) in [6.07, 6.45) is -4.82. The number of benzene rings is 2. The highest BCUT2D eigenvalue weighted by Gasteiger charge is 2.48. The van der Waals surface area contributed by atoms with Gasteiger partial charge in [-0.15, -0.1) is 0 Å². The van der Waals surface area contributed by atoms with Gasteiger partial charge in [0.15, 0.2) is 23.6 Å². The van der Waals surface area contributed by atoms with Crippen LogP contribution < -0.4 is 10.1 Å². The molecular weight excluding hydrogens is 566 g/mol. The van der Waals surface area contributed by atoms with E-state index in [1.165, 1.54) is 32.2 Å². The van der Waals surface area contributed by atoms with Crippen LogP contribution in [0.3, 0.4) is 0 Å². The Kier molecular flexibility index (Phi) is 9.28. The first kappa shape index (κ1) is 32.5. The van der Waals surface area contributed by atoms with E-state index in [0.717, 1.165) is 6.07 Å². The predicted molar refractivity (Wildman–Crippen MR) is 149 cm³/mol. The Labute approximate surface area is 247 Å². The van der Waals surface area contributed by atoms with E-state index in [9.17, 15) is 39.9 Å². The summed E-state index contributed by atoms with van der Waals surface area (Å²) in [7, 11) is 3.00. The molecule has 43 heavy (non-hydrogen) atoms. The highest BCUT2D eigenvalue weighted by molar-refractivity contribution is 6.17. The summed E-state index contributed by atoms with van der Waals surface area (Å²) in [5.41, 5.74) is -3.86. The minimum atomic E-state index is -2.27. The summed E-state index contributed by atoms with van der Waals surface area (Å²) in [5.74, 6) is -3.33. The van der Waals surface area contributed by atoms with E-state index in [4.69, 9.17) is 19.2 Å². The standard InChI is InChI=1S/C30H37NO12/c1-14(33)24-16(7-6-8-20(24)40-5)26(36)17-9-19(34)25-18(27(17)37)10-30(39,22(35)13-32)11-21(25)42-43-23-12-29(3,31-4)28(38)15(2)41-23/h6-9,15,21,23,28,31-32,34,37-39H,10-13H2,1-5H3/t15?,21-,23+,28-,29+,30?/m1/s1. The molecule has 1 saturated heterocycles. The van der Waals surface area contributed by atoms with Crippen LogP contribution in [0.4, 0.5) is 0 Å². The van der Waals surface area contributed by atoms with Gasteiger partial charge in [0, 0.05) is 41.5 Å². The zero-order valence-electron chi connectivity index (χ0n) is 24.5. The molecule has 0 spiro atoms. The molecule has 1 fully saturated rings. The smallest absolute Gasteiger partial charge is 0.197 e. The van der Waals surface area contributed by atoms with Crippen LogP contribution in [0.25, 0.3) is 0 Å². The molecule has 0 saturated carbocycles. The quantitative estimate of drug-likeness (QED) is 0.0981. The van der Waals surface area contributed by atoms with Gasteiger partial charge in [-0.25, -0.2) is 9.78 Å². The fourth-order valence-corrected chi connectivity index (χ4v) is 5.84. The van der Waals surface area contributed by atoms with Crippen LogP contribution in [0.15, 0.2) is 24.3 Å². The number of Topliss-reactive ketones (excluding diaryl/α,β-unsaturated/α-hetero) is 2. The normalized spacial score (nSPS) is 28.7. The highest BCUT2D eigenvalue weighted by atomic mass is 17.2. The Morgan fingerprint density at radius 2 is 1.84 bits per heavy atom. The van der Waals surface area contributed by atoms with Crippen molar-refractivity contribution in [1.82, 2.24) is 5.32 Å². The molecule has 13 heteroatoms. The lowest BCUT2D eigenvalue weighted by Crippen LogP contribution is -2.61. The van der Waals surface area contributed by atoms with Crippen LogP contribution in [0.1, 0.15) is 77.1 Å². The zero-order valence-corrected chi connectivity index (χ0v) is 24.5. The van der Waals surface area contributed by atoms with Crippen molar-refractivity contribution < 1.29 is 59.2 Å². The minimum absolute atomic E-state index is 0.0337. The summed E-state index contributed by atoms with van der Waals surface area (Å²) >= 11 is 0. The Morgan fingerprint density at radius 1 is 1.14 bits per heavy atom. The van der Waals surface area contributed by atoms with Crippen molar-refractivity contribution in [2.75, 3.05) is 20.8 Å². The van der Waals surface area contributed by atoms with Gasteiger partial charge < -0.3 is 40.3 Å². The molecule has 0 bridgehead atoms. The zero-order chi connectivity index (χ0) is 31.9. The third-order valence-electron chi connectivity index (χ3n) is 8.39. The average Bonchev–Trinajstić information content (AvgIpc) is 2.98. The summed E-state index contributed by atoms with van der Waals surface area (Å²) < 4.78 is 10.9. The number of methoxy groups -OCH3 is 1. The van der Waals surface area contributed by atoms with Crippen LogP contribution in [-0.4, -0.2) is 93.3 Å². The van der Waals surface area contributed by atoms with Gasteiger partial charge in [-0.05, 0) is 40.0 Å². The SMILES string of the molecule is CN[C@@]1(C)C[C@H](OO[C@@H]2CC(O)(C(=O)CO)Cc3c(O)c(C(=O)c4cccc(OC)c4C(C)=O)cc(O)c32)OC(C)[C@H]1O. The molecule has 2 aromatic rings. The summed E-state index contributed by atoms with van der Waals surface area (Å²) in [5, 5.41) is 56.9. The van der Waals surface area contributed by atoms with Gasteiger partial charge in [0.2, 0.25) is 0 Å². The molecule has 234 valence electrons. The molecule has 4 rings (SSSR count). The molecule has 1 heterocycles. The van der Waals surface area contributed by atoms with Gasteiger partial charge in [-0.1, -0.05) is 12.1 Å². The molecule has 2 aliphatic rings.